The molecule has 1 aromatic heterocycles. The van der Waals surface area contributed by atoms with Crippen LogP contribution in [0.3, 0.4) is 0 Å². The van der Waals surface area contributed by atoms with Crippen LogP contribution >= 0.6 is 0 Å². The minimum absolute atomic E-state index is 0.0349. The number of rotatable bonds is 10. The molecule has 0 atom stereocenters. The van der Waals surface area contributed by atoms with Gasteiger partial charge in [0.05, 0.1) is 6.20 Å². The Bertz CT molecular complexity index is 705. The van der Waals surface area contributed by atoms with E-state index in [-0.39, 0.29) is 18.2 Å². The zero-order chi connectivity index (χ0) is 19.5. The number of nitrogens with zero attached hydrogens (tertiary/aromatic N) is 3. The Morgan fingerprint density at radius 3 is 2.56 bits per heavy atom. The Morgan fingerprint density at radius 2 is 1.89 bits per heavy atom. The normalized spacial score (nSPS) is 10.6. The van der Waals surface area contributed by atoms with Crippen molar-refractivity contribution in [2.75, 3.05) is 19.6 Å². The summed E-state index contributed by atoms with van der Waals surface area (Å²) in [6, 6.07) is 9.99. The predicted molar refractivity (Wildman–Crippen MR) is 105 cm³/mol. The molecule has 0 bridgehead atoms. The van der Waals surface area contributed by atoms with Gasteiger partial charge in [-0.25, -0.2) is 4.98 Å². The van der Waals surface area contributed by atoms with Gasteiger partial charge in [-0.15, -0.1) is 0 Å². The van der Waals surface area contributed by atoms with Crippen LogP contribution in [0.25, 0.3) is 0 Å². The lowest BCUT2D eigenvalue weighted by molar-refractivity contribution is -0.121. The molecule has 144 valence electrons. The average Bonchev–Trinajstić information content (AvgIpc) is 2.68. The van der Waals surface area contributed by atoms with Gasteiger partial charge in [0.1, 0.15) is 5.69 Å². The zero-order valence-electron chi connectivity index (χ0n) is 16.1. The summed E-state index contributed by atoms with van der Waals surface area (Å²) in [4.78, 5) is 34.6. The number of benzene rings is 1. The van der Waals surface area contributed by atoms with Crippen LogP contribution < -0.4 is 5.32 Å². The largest absolute Gasteiger partial charge is 0.356 e. The molecule has 0 aliphatic rings. The van der Waals surface area contributed by atoms with Crippen LogP contribution in [0.15, 0.2) is 48.9 Å². The molecule has 0 spiro atoms. The summed E-state index contributed by atoms with van der Waals surface area (Å²) in [5.74, 6) is 0.312. The Balaban J connectivity index is 1.94. The maximum atomic E-state index is 12.8. The fourth-order valence-electron chi connectivity index (χ4n) is 2.62. The van der Waals surface area contributed by atoms with Gasteiger partial charge < -0.3 is 10.2 Å². The molecule has 0 saturated heterocycles. The standard InChI is InChI=1S/C21H28N4O2/c1-17(2)8-11-24-20(26)10-15-25(14-9-18-6-4-3-5-7-18)21(27)19-16-22-12-13-23-19/h3-7,12-13,16-17H,8-11,14-15H2,1-2H3,(H,24,26). The van der Waals surface area contributed by atoms with Crippen LogP contribution in [-0.2, 0) is 11.2 Å². The minimum Gasteiger partial charge on any atom is -0.356 e. The topological polar surface area (TPSA) is 75.2 Å². The highest BCUT2D eigenvalue weighted by Crippen LogP contribution is 2.06. The van der Waals surface area contributed by atoms with Crippen LogP contribution in [0.4, 0.5) is 0 Å². The molecule has 1 N–H and O–H groups in total. The van der Waals surface area contributed by atoms with Gasteiger partial charge in [0, 0.05) is 38.4 Å². The van der Waals surface area contributed by atoms with Gasteiger partial charge in [0.2, 0.25) is 5.91 Å². The van der Waals surface area contributed by atoms with E-state index < -0.39 is 0 Å². The zero-order valence-corrected chi connectivity index (χ0v) is 16.1. The van der Waals surface area contributed by atoms with Crippen LogP contribution in [0.2, 0.25) is 0 Å². The van der Waals surface area contributed by atoms with Gasteiger partial charge in [0.25, 0.3) is 5.91 Å². The van der Waals surface area contributed by atoms with E-state index in [0.29, 0.717) is 31.2 Å². The molecular formula is C21H28N4O2. The summed E-state index contributed by atoms with van der Waals surface area (Å²) in [7, 11) is 0. The maximum absolute atomic E-state index is 12.8. The van der Waals surface area contributed by atoms with E-state index in [4.69, 9.17) is 0 Å². The summed E-state index contributed by atoms with van der Waals surface area (Å²) >= 11 is 0. The summed E-state index contributed by atoms with van der Waals surface area (Å²) in [6.07, 6.45) is 6.44. The number of hydrogen-bond donors (Lipinski definition) is 1. The highest BCUT2D eigenvalue weighted by atomic mass is 16.2. The molecule has 6 nitrogen and oxygen atoms in total. The second-order valence-electron chi connectivity index (χ2n) is 6.90. The smallest absolute Gasteiger partial charge is 0.274 e. The molecule has 6 heteroatoms. The van der Waals surface area contributed by atoms with E-state index in [1.165, 1.54) is 18.6 Å². The summed E-state index contributed by atoms with van der Waals surface area (Å²) in [6.45, 7) is 5.79. The Kier molecular flexibility index (Phi) is 8.42. The second kappa shape index (κ2) is 11.1. The lowest BCUT2D eigenvalue weighted by atomic mass is 10.1. The van der Waals surface area contributed by atoms with Crippen LogP contribution in [0.5, 0.6) is 0 Å². The summed E-state index contributed by atoms with van der Waals surface area (Å²) < 4.78 is 0. The number of amides is 2. The number of nitrogens with one attached hydrogen (secondary N) is 1. The first kappa shape index (κ1) is 20.6. The van der Waals surface area contributed by atoms with Crippen LogP contribution in [-0.4, -0.2) is 46.3 Å². The highest BCUT2D eigenvalue weighted by Gasteiger charge is 2.18. The van der Waals surface area contributed by atoms with Crippen molar-refractivity contribution in [3.63, 3.8) is 0 Å². The van der Waals surface area contributed by atoms with Gasteiger partial charge in [-0.3, -0.25) is 14.6 Å². The van der Waals surface area contributed by atoms with Crippen molar-refractivity contribution < 1.29 is 9.59 Å². The Labute approximate surface area is 161 Å². The van der Waals surface area contributed by atoms with Gasteiger partial charge in [-0.1, -0.05) is 44.2 Å². The van der Waals surface area contributed by atoms with Gasteiger partial charge >= 0.3 is 0 Å². The van der Waals surface area contributed by atoms with Crippen molar-refractivity contribution >= 4 is 11.8 Å². The summed E-state index contributed by atoms with van der Waals surface area (Å²) in [5, 5.41) is 2.92. The molecule has 2 aromatic rings. The van der Waals surface area contributed by atoms with Crippen LogP contribution in [0, 0.1) is 5.92 Å². The summed E-state index contributed by atoms with van der Waals surface area (Å²) in [5.41, 5.74) is 1.45. The molecule has 1 aromatic carbocycles. The molecule has 0 radical (unpaired) electrons. The SMILES string of the molecule is CC(C)CCNC(=O)CCN(CCc1ccccc1)C(=O)c1cnccn1. The van der Waals surface area contributed by atoms with Crippen molar-refractivity contribution in [2.24, 2.45) is 5.92 Å². The van der Waals surface area contributed by atoms with Gasteiger partial charge in [0.15, 0.2) is 0 Å². The van der Waals surface area contributed by atoms with Crippen molar-refractivity contribution in [1.29, 1.82) is 0 Å². The Morgan fingerprint density at radius 1 is 1.11 bits per heavy atom. The van der Waals surface area contributed by atoms with E-state index in [1.54, 1.807) is 4.90 Å². The molecular weight excluding hydrogens is 340 g/mol. The van der Waals surface area contributed by atoms with E-state index in [0.717, 1.165) is 18.4 Å². The van der Waals surface area contributed by atoms with E-state index >= 15 is 0 Å². The number of hydrogen-bond acceptors (Lipinski definition) is 4. The quantitative estimate of drug-likeness (QED) is 0.700. The number of carbonyl (C=O) groups excluding carboxylic acids is 2. The molecule has 0 saturated carbocycles. The van der Waals surface area contributed by atoms with Gasteiger partial charge in [-0.2, -0.15) is 0 Å². The molecule has 0 unspecified atom stereocenters. The van der Waals surface area contributed by atoms with Crippen LogP contribution in [0.1, 0.15) is 42.7 Å². The monoisotopic (exact) mass is 368 g/mol. The molecule has 27 heavy (non-hydrogen) atoms. The molecule has 0 fully saturated rings. The molecule has 2 amide bonds. The molecule has 1 heterocycles. The lowest BCUT2D eigenvalue weighted by Gasteiger charge is -2.22. The van der Waals surface area contributed by atoms with Crippen molar-refractivity contribution in [3.05, 3.63) is 60.2 Å². The Hall–Kier alpha value is -2.76. The number of carbonyl (C=O) groups is 2. The molecule has 0 aliphatic carbocycles. The third-order valence-electron chi connectivity index (χ3n) is 4.24. The fraction of sp³-hybridized carbons (Fsp3) is 0.429. The van der Waals surface area contributed by atoms with Crippen molar-refractivity contribution in [2.45, 2.75) is 33.1 Å². The van der Waals surface area contributed by atoms with Crippen molar-refractivity contribution in [1.82, 2.24) is 20.2 Å². The van der Waals surface area contributed by atoms with E-state index in [9.17, 15) is 9.59 Å². The first-order chi connectivity index (χ1) is 13.1. The minimum atomic E-state index is -0.200. The first-order valence-electron chi connectivity index (χ1n) is 9.42. The third kappa shape index (κ3) is 7.56. The lowest BCUT2D eigenvalue weighted by Crippen LogP contribution is -2.37. The second-order valence-corrected chi connectivity index (χ2v) is 6.90. The maximum Gasteiger partial charge on any atom is 0.274 e. The third-order valence-corrected chi connectivity index (χ3v) is 4.24. The average molecular weight is 368 g/mol. The van der Waals surface area contributed by atoms with E-state index in [2.05, 4.69) is 29.1 Å². The van der Waals surface area contributed by atoms with Crippen molar-refractivity contribution in [3.8, 4) is 0 Å². The predicted octanol–water partition coefficient (Wildman–Crippen LogP) is 2.71. The first-order valence-corrected chi connectivity index (χ1v) is 9.42. The number of aromatic nitrogens is 2. The highest BCUT2D eigenvalue weighted by molar-refractivity contribution is 5.92. The molecule has 2 rings (SSSR count). The van der Waals surface area contributed by atoms with E-state index in [1.807, 2.05) is 30.3 Å². The molecule has 0 aliphatic heterocycles. The van der Waals surface area contributed by atoms with Gasteiger partial charge in [-0.05, 0) is 24.3 Å². The fourth-order valence-corrected chi connectivity index (χ4v) is 2.62.